The van der Waals surface area contributed by atoms with E-state index in [9.17, 15) is 8.42 Å². The quantitative estimate of drug-likeness (QED) is 0.348. The van der Waals surface area contributed by atoms with Crippen molar-refractivity contribution in [1.29, 1.82) is 0 Å². The minimum atomic E-state index is -3.37. The Balaban J connectivity index is 2.01. The molecule has 2 heterocycles. The Labute approximate surface area is 127 Å². The zero-order chi connectivity index (χ0) is 15.7. The Hall–Kier alpha value is -0.860. The topological polar surface area (TPSA) is 99.2 Å². The molecule has 2 fully saturated rings. The number of piperidine rings is 2. The molecule has 0 amide bonds. The van der Waals surface area contributed by atoms with Crippen LogP contribution in [0.15, 0.2) is 5.16 Å². The molecule has 2 aliphatic heterocycles. The van der Waals surface area contributed by atoms with Gasteiger partial charge in [-0.3, -0.25) is 0 Å². The first-order chi connectivity index (χ1) is 9.79. The van der Waals surface area contributed by atoms with Crippen LogP contribution in [0.5, 0.6) is 0 Å². The van der Waals surface area contributed by atoms with E-state index in [1.54, 1.807) is 4.31 Å². The van der Waals surface area contributed by atoms with Crippen LogP contribution in [0.4, 0.5) is 0 Å². The number of hydrogen-bond acceptors (Lipinski definition) is 4. The van der Waals surface area contributed by atoms with Crippen molar-refractivity contribution in [3.63, 3.8) is 0 Å². The van der Waals surface area contributed by atoms with E-state index in [1.807, 2.05) is 6.92 Å². The Morgan fingerprint density at radius 1 is 1.19 bits per heavy atom. The normalized spacial score (nSPS) is 26.9. The third kappa shape index (κ3) is 3.32. The molecule has 2 saturated heterocycles. The largest absolute Gasteiger partial charge is 0.409 e. The van der Waals surface area contributed by atoms with E-state index in [0.29, 0.717) is 44.9 Å². The summed E-state index contributed by atoms with van der Waals surface area (Å²) in [5, 5.41) is 11.9. The molecular formula is C13H26N4O3S. The van der Waals surface area contributed by atoms with Gasteiger partial charge in [-0.15, -0.1) is 0 Å². The van der Waals surface area contributed by atoms with Crippen LogP contribution in [-0.2, 0) is 10.2 Å². The van der Waals surface area contributed by atoms with E-state index in [-0.39, 0.29) is 5.84 Å². The molecule has 0 spiro atoms. The molecule has 0 aromatic rings. The molecule has 2 rings (SSSR count). The van der Waals surface area contributed by atoms with Crippen LogP contribution in [-0.4, -0.2) is 54.3 Å². The summed E-state index contributed by atoms with van der Waals surface area (Å²) in [6.07, 6.45) is 3.00. The summed E-state index contributed by atoms with van der Waals surface area (Å²) < 4.78 is 28.4. The fourth-order valence-corrected chi connectivity index (χ4v) is 4.61. The average molecular weight is 318 g/mol. The van der Waals surface area contributed by atoms with Crippen LogP contribution >= 0.6 is 0 Å². The van der Waals surface area contributed by atoms with Crippen LogP contribution < -0.4 is 5.73 Å². The van der Waals surface area contributed by atoms with Gasteiger partial charge in [0.25, 0.3) is 10.2 Å². The molecule has 0 atom stereocenters. The first-order valence-electron chi connectivity index (χ1n) is 7.53. The second-order valence-electron chi connectivity index (χ2n) is 6.53. The monoisotopic (exact) mass is 318 g/mol. The van der Waals surface area contributed by atoms with E-state index in [2.05, 4.69) is 12.1 Å². The van der Waals surface area contributed by atoms with Crippen LogP contribution in [0, 0.1) is 11.3 Å². The van der Waals surface area contributed by atoms with Crippen molar-refractivity contribution in [1.82, 2.24) is 8.61 Å². The fraction of sp³-hybridized carbons (Fsp3) is 0.923. The Bertz CT molecular complexity index is 490. The fourth-order valence-electron chi connectivity index (χ4n) is 2.97. The Kier molecular flexibility index (Phi) is 4.79. The van der Waals surface area contributed by atoms with E-state index < -0.39 is 15.6 Å². The van der Waals surface area contributed by atoms with Crippen LogP contribution in [0.2, 0.25) is 0 Å². The summed E-state index contributed by atoms with van der Waals surface area (Å²) in [4.78, 5) is 0. The van der Waals surface area contributed by atoms with Crippen molar-refractivity contribution in [2.75, 3.05) is 26.2 Å². The summed E-state index contributed by atoms with van der Waals surface area (Å²) >= 11 is 0. The number of hydrogen-bond donors (Lipinski definition) is 2. The first kappa shape index (κ1) is 16.5. The Morgan fingerprint density at radius 2 is 1.67 bits per heavy atom. The minimum Gasteiger partial charge on any atom is -0.409 e. The van der Waals surface area contributed by atoms with Crippen LogP contribution in [0.25, 0.3) is 0 Å². The van der Waals surface area contributed by atoms with Crippen molar-refractivity contribution in [3.05, 3.63) is 0 Å². The number of rotatable bonds is 3. The Morgan fingerprint density at radius 3 is 2.14 bits per heavy atom. The van der Waals surface area contributed by atoms with Gasteiger partial charge in [0, 0.05) is 31.6 Å². The maximum Gasteiger partial charge on any atom is 0.281 e. The molecule has 122 valence electrons. The third-order valence-electron chi connectivity index (χ3n) is 4.95. The highest BCUT2D eigenvalue weighted by Crippen LogP contribution is 2.33. The van der Waals surface area contributed by atoms with Gasteiger partial charge in [-0.1, -0.05) is 19.0 Å². The summed E-state index contributed by atoms with van der Waals surface area (Å²) in [6, 6.07) is 0. The lowest BCUT2D eigenvalue weighted by atomic mass is 9.80. The highest BCUT2D eigenvalue weighted by Gasteiger charge is 2.40. The van der Waals surface area contributed by atoms with Crippen molar-refractivity contribution in [3.8, 4) is 0 Å². The zero-order valence-corrected chi connectivity index (χ0v) is 13.6. The standard InChI is InChI=1S/C13H26N4O3S/c1-11-3-7-16(8-4-11)21(19,20)17-9-5-13(2,6-10-17)12(14)15-18/h11,18H,3-10H2,1-2H3,(H2,14,15). The predicted molar refractivity (Wildman–Crippen MR) is 81.2 cm³/mol. The van der Waals surface area contributed by atoms with Gasteiger partial charge < -0.3 is 10.9 Å². The summed E-state index contributed by atoms with van der Waals surface area (Å²) in [5.74, 6) is 0.785. The van der Waals surface area contributed by atoms with Crippen molar-refractivity contribution < 1.29 is 13.6 Å². The zero-order valence-electron chi connectivity index (χ0n) is 12.8. The molecule has 0 saturated carbocycles. The smallest absolute Gasteiger partial charge is 0.281 e. The average Bonchev–Trinajstić information content (AvgIpc) is 2.47. The van der Waals surface area contributed by atoms with E-state index >= 15 is 0 Å². The number of amidine groups is 1. The lowest BCUT2D eigenvalue weighted by Gasteiger charge is -2.40. The lowest BCUT2D eigenvalue weighted by molar-refractivity contribution is 0.208. The van der Waals surface area contributed by atoms with Gasteiger partial charge in [0.05, 0.1) is 0 Å². The summed E-state index contributed by atoms with van der Waals surface area (Å²) in [5.41, 5.74) is 5.30. The maximum absolute atomic E-state index is 12.6. The van der Waals surface area contributed by atoms with Gasteiger partial charge >= 0.3 is 0 Å². The molecule has 0 bridgehead atoms. The third-order valence-corrected chi connectivity index (χ3v) is 6.98. The molecule has 7 nitrogen and oxygen atoms in total. The highest BCUT2D eigenvalue weighted by molar-refractivity contribution is 7.86. The van der Waals surface area contributed by atoms with Crippen LogP contribution in [0.1, 0.15) is 39.5 Å². The SMILES string of the molecule is CC1CCN(S(=O)(=O)N2CCC(C)(C(N)=NO)CC2)CC1. The molecule has 3 N–H and O–H groups in total. The van der Waals surface area contributed by atoms with Gasteiger partial charge in [-0.2, -0.15) is 17.0 Å². The second-order valence-corrected chi connectivity index (χ2v) is 8.46. The summed E-state index contributed by atoms with van der Waals surface area (Å²) in [7, 11) is -3.37. The first-order valence-corrected chi connectivity index (χ1v) is 8.92. The predicted octanol–water partition coefficient (Wildman–Crippen LogP) is 0.812. The minimum absolute atomic E-state index is 0.186. The van der Waals surface area contributed by atoms with Gasteiger partial charge in [0.2, 0.25) is 0 Å². The molecule has 0 radical (unpaired) electrons. The lowest BCUT2D eigenvalue weighted by Crippen LogP contribution is -2.52. The van der Waals surface area contributed by atoms with E-state index in [0.717, 1.165) is 12.8 Å². The van der Waals surface area contributed by atoms with Gasteiger partial charge in [-0.25, -0.2) is 0 Å². The highest BCUT2D eigenvalue weighted by atomic mass is 32.2. The van der Waals surface area contributed by atoms with Crippen molar-refractivity contribution in [2.45, 2.75) is 39.5 Å². The number of nitrogens with two attached hydrogens (primary N) is 1. The molecule has 0 aliphatic carbocycles. The summed E-state index contributed by atoms with van der Waals surface area (Å²) in [6.45, 7) is 6.12. The number of oxime groups is 1. The van der Waals surface area contributed by atoms with Crippen molar-refractivity contribution in [2.24, 2.45) is 22.2 Å². The van der Waals surface area contributed by atoms with Crippen molar-refractivity contribution >= 4 is 16.0 Å². The number of nitrogens with zero attached hydrogens (tertiary/aromatic N) is 3. The molecular weight excluding hydrogens is 292 g/mol. The molecule has 0 unspecified atom stereocenters. The molecule has 2 aliphatic rings. The second kappa shape index (κ2) is 6.10. The van der Waals surface area contributed by atoms with Crippen LogP contribution in [0.3, 0.4) is 0 Å². The van der Waals surface area contributed by atoms with Gasteiger partial charge in [0.1, 0.15) is 5.84 Å². The molecule has 21 heavy (non-hydrogen) atoms. The van der Waals surface area contributed by atoms with E-state index in [4.69, 9.17) is 10.9 Å². The molecule has 0 aromatic carbocycles. The van der Waals surface area contributed by atoms with Gasteiger partial charge in [-0.05, 0) is 31.6 Å². The maximum atomic E-state index is 12.6. The van der Waals surface area contributed by atoms with Gasteiger partial charge in [0.15, 0.2) is 0 Å². The molecule has 8 heteroatoms. The van der Waals surface area contributed by atoms with E-state index in [1.165, 1.54) is 4.31 Å². The molecule has 0 aromatic heterocycles.